The number of esters is 1. The molecule has 0 aliphatic carbocycles. The van der Waals surface area contributed by atoms with Crippen LogP contribution in [-0.2, 0) is 16.0 Å². The Morgan fingerprint density at radius 1 is 1.35 bits per heavy atom. The lowest BCUT2D eigenvalue weighted by Gasteiger charge is -2.08. The summed E-state index contributed by atoms with van der Waals surface area (Å²) in [5.41, 5.74) is 1.23. The molecule has 106 valence electrons. The second-order valence-electron chi connectivity index (χ2n) is 4.34. The van der Waals surface area contributed by atoms with Crippen molar-refractivity contribution in [1.82, 2.24) is 10.2 Å². The first-order valence-electron chi connectivity index (χ1n) is 6.26. The molecule has 0 amide bonds. The van der Waals surface area contributed by atoms with Gasteiger partial charge in [0.15, 0.2) is 0 Å². The molecule has 0 saturated heterocycles. The Morgan fingerprint density at radius 3 is 2.80 bits per heavy atom. The molecule has 0 N–H and O–H groups in total. The highest BCUT2D eigenvalue weighted by Crippen LogP contribution is 2.22. The van der Waals surface area contributed by atoms with Gasteiger partial charge in [-0.25, -0.2) is 0 Å². The van der Waals surface area contributed by atoms with Crippen LogP contribution in [0.15, 0.2) is 40.0 Å². The Morgan fingerprint density at radius 2 is 2.10 bits per heavy atom. The Balaban J connectivity index is 1.91. The zero-order valence-electron chi connectivity index (χ0n) is 11.4. The number of aromatic nitrogens is 2. The highest BCUT2D eigenvalue weighted by Gasteiger charge is 2.13. The van der Waals surface area contributed by atoms with Crippen LogP contribution in [0.25, 0.3) is 0 Å². The molecule has 0 spiro atoms. The van der Waals surface area contributed by atoms with E-state index in [1.165, 1.54) is 24.4 Å². The van der Waals surface area contributed by atoms with Crippen LogP contribution in [0.2, 0.25) is 0 Å². The molecular formula is C14H16N2O3S. The number of methoxy groups -OCH3 is 1. The summed E-state index contributed by atoms with van der Waals surface area (Å²) in [5.74, 6) is 0.739. The van der Waals surface area contributed by atoms with Crippen molar-refractivity contribution in [3.05, 3.63) is 41.8 Å². The van der Waals surface area contributed by atoms with Gasteiger partial charge < -0.3 is 9.15 Å². The third kappa shape index (κ3) is 4.09. The summed E-state index contributed by atoms with van der Waals surface area (Å²) in [6, 6.07) is 10.2. The molecule has 0 saturated carbocycles. The molecule has 5 nitrogen and oxygen atoms in total. The van der Waals surface area contributed by atoms with Crippen LogP contribution in [0.1, 0.15) is 24.3 Å². The predicted octanol–water partition coefficient (Wildman–Crippen LogP) is 2.68. The summed E-state index contributed by atoms with van der Waals surface area (Å²) >= 11 is 1.18. The molecule has 0 aliphatic heterocycles. The topological polar surface area (TPSA) is 65.2 Å². The van der Waals surface area contributed by atoms with E-state index in [4.69, 9.17) is 4.42 Å². The van der Waals surface area contributed by atoms with Gasteiger partial charge in [0, 0.05) is 6.42 Å². The number of benzene rings is 1. The minimum Gasteiger partial charge on any atom is -0.468 e. The van der Waals surface area contributed by atoms with Crippen molar-refractivity contribution in [3.8, 4) is 0 Å². The number of nitrogens with zero attached hydrogens (tertiary/aromatic N) is 2. The predicted molar refractivity (Wildman–Crippen MR) is 75.6 cm³/mol. The molecule has 0 unspecified atom stereocenters. The molecule has 6 heteroatoms. The number of rotatable bonds is 6. The maximum atomic E-state index is 11.0. The molecular weight excluding hydrogens is 276 g/mol. The maximum absolute atomic E-state index is 11.0. The number of hydrogen-bond acceptors (Lipinski definition) is 6. The molecule has 0 bridgehead atoms. The molecule has 2 rings (SSSR count). The lowest BCUT2D eigenvalue weighted by atomic mass is 9.98. The maximum Gasteiger partial charge on any atom is 0.316 e. The van der Waals surface area contributed by atoms with Gasteiger partial charge in [0.05, 0.1) is 7.11 Å². The first-order valence-corrected chi connectivity index (χ1v) is 7.24. The molecule has 1 atom stereocenters. The number of carbonyl (C=O) groups excluding carboxylic acids is 1. The van der Waals surface area contributed by atoms with Crippen LogP contribution in [0.3, 0.4) is 0 Å². The van der Waals surface area contributed by atoms with Crippen LogP contribution in [0, 0.1) is 0 Å². The van der Waals surface area contributed by atoms with Crippen LogP contribution < -0.4 is 0 Å². The summed E-state index contributed by atoms with van der Waals surface area (Å²) in [6.45, 7) is 2.11. The van der Waals surface area contributed by atoms with Gasteiger partial charge in [-0.1, -0.05) is 49.0 Å². The molecule has 20 heavy (non-hydrogen) atoms. The fraction of sp³-hybridized carbons (Fsp3) is 0.357. The standard InChI is InChI=1S/C14H16N2O3S/c1-10(11-6-4-3-5-7-11)8-12-15-16-14(19-12)20-9-13(17)18-2/h3-7,10H,8-9H2,1-2H3/t10-/m0/s1. The fourth-order valence-electron chi connectivity index (χ4n) is 1.72. The lowest BCUT2D eigenvalue weighted by molar-refractivity contribution is -0.137. The number of hydrogen-bond donors (Lipinski definition) is 0. The van der Waals surface area contributed by atoms with Crippen LogP contribution in [0.4, 0.5) is 0 Å². The fourth-order valence-corrected chi connectivity index (χ4v) is 2.33. The normalized spacial score (nSPS) is 12.1. The molecule has 1 heterocycles. The quantitative estimate of drug-likeness (QED) is 0.602. The van der Waals surface area contributed by atoms with Gasteiger partial charge in [0.1, 0.15) is 5.75 Å². The zero-order chi connectivity index (χ0) is 14.4. The van der Waals surface area contributed by atoms with E-state index in [0.29, 0.717) is 23.5 Å². The minimum atomic E-state index is -0.313. The van der Waals surface area contributed by atoms with Gasteiger partial charge in [-0.2, -0.15) is 0 Å². The molecule has 1 aromatic heterocycles. The first-order chi connectivity index (χ1) is 9.69. The van der Waals surface area contributed by atoms with Gasteiger partial charge in [0.2, 0.25) is 5.89 Å². The average molecular weight is 292 g/mol. The van der Waals surface area contributed by atoms with Gasteiger partial charge in [-0.3, -0.25) is 4.79 Å². The van der Waals surface area contributed by atoms with E-state index in [-0.39, 0.29) is 11.7 Å². The Kier molecular flexibility index (Phi) is 5.17. The largest absolute Gasteiger partial charge is 0.468 e. The van der Waals surface area contributed by atoms with Crippen molar-refractivity contribution in [3.63, 3.8) is 0 Å². The third-order valence-corrected chi connectivity index (χ3v) is 3.63. The van der Waals surface area contributed by atoms with E-state index in [2.05, 4.69) is 34.0 Å². The highest BCUT2D eigenvalue weighted by molar-refractivity contribution is 7.99. The minimum absolute atomic E-state index is 0.173. The van der Waals surface area contributed by atoms with Gasteiger partial charge in [-0.15, -0.1) is 10.2 Å². The SMILES string of the molecule is COC(=O)CSc1nnc(C[C@H](C)c2ccccc2)o1. The molecule has 2 aromatic rings. The van der Waals surface area contributed by atoms with Crippen LogP contribution in [-0.4, -0.2) is 29.0 Å². The van der Waals surface area contributed by atoms with E-state index in [0.717, 1.165) is 0 Å². The molecule has 0 fully saturated rings. The second kappa shape index (κ2) is 7.09. The van der Waals surface area contributed by atoms with Crippen molar-refractivity contribution in [2.24, 2.45) is 0 Å². The Bertz CT molecular complexity index is 557. The molecule has 0 radical (unpaired) electrons. The van der Waals surface area contributed by atoms with Gasteiger partial charge in [0.25, 0.3) is 5.22 Å². The van der Waals surface area contributed by atoms with Gasteiger partial charge in [-0.05, 0) is 11.5 Å². The third-order valence-electron chi connectivity index (χ3n) is 2.84. The van der Waals surface area contributed by atoms with Crippen molar-refractivity contribution in [2.45, 2.75) is 24.5 Å². The van der Waals surface area contributed by atoms with Crippen LogP contribution in [0.5, 0.6) is 0 Å². The summed E-state index contributed by atoms with van der Waals surface area (Å²) in [5, 5.41) is 8.30. The monoisotopic (exact) mass is 292 g/mol. The highest BCUT2D eigenvalue weighted by atomic mass is 32.2. The van der Waals surface area contributed by atoms with Crippen molar-refractivity contribution >= 4 is 17.7 Å². The van der Waals surface area contributed by atoms with E-state index in [1.54, 1.807) is 0 Å². The van der Waals surface area contributed by atoms with E-state index in [9.17, 15) is 4.79 Å². The summed E-state index contributed by atoms with van der Waals surface area (Å²) in [7, 11) is 1.35. The van der Waals surface area contributed by atoms with Crippen molar-refractivity contribution in [1.29, 1.82) is 0 Å². The summed E-state index contributed by atoms with van der Waals surface area (Å²) in [4.78, 5) is 11.0. The average Bonchev–Trinajstić information content (AvgIpc) is 2.93. The lowest BCUT2D eigenvalue weighted by Crippen LogP contribution is -2.02. The van der Waals surface area contributed by atoms with Crippen molar-refractivity contribution in [2.75, 3.05) is 12.9 Å². The van der Waals surface area contributed by atoms with E-state index >= 15 is 0 Å². The van der Waals surface area contributed by atoms with E-state index < -0.39 is 0 Å². The Labute approximate surface area is 121 Å². The molecule has 1 aromatic carbocycles. The number of carbonyl (C=O) groups is 1. The van der Waals surface area contributed by atoms with Crippen molar-refractivity contribution < 1.29 is 13.9 Å². The summed E-state index contributed by atoms with van der Waals surface area (Å²) in [6.07, 6.45) is 0.676. The van der Waals surface area contributed by atoms with E-state index in [1.807, 2.05) is 18.2 Å². The molecule has 0 aliphatic rings. The van der Waals surface area contributed by atoms with Gasteiger partial charge >= 0.3 is 5.97 Å². The first kappa shape index (κ1) is 14.6. The smallest absolute Gasteiger partial charge is 0.316 e. The summed E-state index contributed by atoms with van der Waals surface area (Å²) < 4.78 is 10.1. The van der Waals surface area contributed by atoms with Crippen LogP contribution >= 0.6 is 11.8 Å². The number of ether oxygens (including phenoxy) is 1. The second-order valence-corrected chi connectivity index (χ2v) is 5.27. The number of thioether (sulfide) groups is 1. The Hall–Kier alpha value is -1.82. The zero-order valence-corrected chi connectivity index (χ0v) is 12.2.